The Morgan fingerprint density at radius 2 is 2.15 bits per heavy atom. The summed E-state index contributed by atoms with van der Waals surface area (Å²) < 4.78 is 7.24. The average molecular weight is 353 g/mol. The molecule has 26 heavy (non-hydrogen) atoms. The quantitative estimate of drug-likeness (QED) is 0.754. The molecule has 134 valence electrons. The average Bonchev–Trinajstić information content (AvgIpc) is 3.29. The summed E-state index contributed by atoms with van der Waals surface area (Å²) in [6.45, 7) is 2.89. The largest absolute Gasteiger partial charge is 0.488 e. The molecule has 0 unspecified atom stereocenters. The Labute approximate surface area is 149 Å². The molecule has 4 heterocycles. The molecule has 0 aliphatic carbocycles. The molecule has 8 heteroatoms. The van der Waals surface area contributed by atoms with Gasteiger partial charge in [0.2, 0.25) is 5.91 Å². The van der Waals surface area contributed by atoms with Gasteiger partial charge in [-0.3, -0.25) is 19.7 Å². The van der Waals surface area contributed by atoms with Gasteiger partial charge in [-0.15, -0.1) is 0 Å². The van der Waals surface area contributed by atoms with E-state index in [1.165, 1.54) is 4.52 Å². The summed E-state index contributed by atoms with van der Waals surface area (Å²) in [5.74, 6) is 0.661. The van der Waals surface area contributed by atoms with E-state index in [2.05, 4.69) is 15.1 Å². The van der Waals surface area contributed by atoms with Gasteiger partial charge in [-0.2, -0.15) is 0 Å². The number of aryl methyl sites for hydroxylation is 1. The van der Waals surface area contributed by atoms with Crippen molar-refractivity contribution in [2.24, 2.45) is 0 Å². The molecule has 1 aliphatic heterocycles. The lowest BCUT2D eigenvalue weighted by atomic mass is 10.1. The summed E-state index contributed by atoms with van der Waals surface area (Å²) >= 11 is 0. The van der Waals surface area contributed by atoms with E-state index in [0.717, 1.165) is 12.2 Å². The minimum atomic E-state index is -0.227. The van der Waals surface area contributed by atoms with Crippen LogP contribution in [0.15, 0.2) is 41.6 Å². The van der Waals surface area contributed by atoms with Gasteiger partial charge in [0.25, 0.3) is 5.56 Å². The number of hydrogen-bond acceptors (Lipinski definition) is 5. The number of likely N-dealkylation sites (tertiary alicyclic amines) is 1. The standard InChI is InChI=1S/C18H19N5O3/c1-12-15(18(25)23-16(21-12)4-8-20-23)10-17(24)22-9-5-14(11-22)26-13-2-6-19-7-3-13/h2-4,6-8,14,20H,5,9-11H2,1H3/t14-/m1/s1. The summed E-state index contributed by atoms with van der Waals surface area (Å²) in [6, 6.07) is 5.32. The third-order valence-corrected chi connectivity index (χ3v) is 4.62. The number of aromatic amines is 1. The van der Waals surface area contributed by atoms with Crippen LogP contribution in [0.1, 0.15) is 17.7 Å². The van der Waals surface area contributed by atoms with Crippen LogP contribution in [-0.2, 0) is 11.2 Å². The van der Waals surface area contributed by atoms with Crippen molar-refractivity contribution in [2.45, 2.75) is 25.9 Å². The number of aromatic nitrogens is 4. The van der Waals surface area contributed by atoms with Crippen LogP contribution >= 0.6 is 0 Å². The smallest absolute Gasteiger partial charge is 0.276 e. The summed E-state index contributed by atoms with van der Waals surface area (Å²) in [4.78, 5) is 35.3. The SMILES string of the molecule is Cc1nc2cc[nH]n2c(=O)c1CC(=O)N1CC[C@@H](Oc2ccncc2)C1. The number of fused-ring (bicyclic) bond motifs is 1. The first kappa shape index (κ1) is 16.3. The van der Waals surface area contributed by atoms with Gasteiger partial charge in [0.1, 0.15) is 11.9 Å². The highest BCUT2D eigenvalue weighted by Gasteiger charge is 2.28. The first-order chi connectivity index (χ1) is 12.6. The maximum atomic E-state index is 12.7. The first-order valence-corrected chi connectivity index (χ1v) is 8.52. The van der Waals surface area contributed by atoms with E-state index in [-0.39, 0.29) is 24.0 Å². The molecule has 0 spiro atoms. The number of hydrogen-bond donors (Lipinski definition) is 1. The highest BCUT2D eigenvalue weighted by molar-refractivity contribution is 5.79. The summed E-state index contributed by atoms with van der Waals surface area (Å²) in [5, 5.41) is 2.82. The van der Waals surface area contributed by atoms with Crippen LogP contribution in [0.4, 0.5) is 0 Å². The molecule has 0 saturated carbocycles. The molecule has 8 nitrogen and oxygen atoms in total. The minimum absolute atomic E-state index is 0.0433. The van der Waals surface area contributed by atoms with Crippen molar-refractivity contribution in [2.75, 3.05) is 13.1 Å². The highest BCUT2D eigenvalue weighted by atomic mass is 16.5. The Kier molecular flexibility index (Phi) is 4.16. The summed E-state index contributed by atoms with van der Waals surface area (Å²) in [5.41, 5.74) is 1.34. The number of nitrogens with one attached hydrogen (secondary N) is 1. The van der Waals surface area contributed by atoms with Crippen LogP contribution in [0, 0.1) is 6.92 Å². The lowest BCUT2D eigenvalue weighted by molar-refractivity contribution is -0.129. The maximum absolute atomic E-state index is 12.7. The second kappa shape index (κ2) is 6.62. The van der Waals surface area contributed by atoms with Gasteiger partial charge in [0.05, 0.1) is 13.0 Å². The molecule has 4 rings (SSSR count). The molecule has 1 amide bonds. The third-order valence-electron chi connectivity index (χ3n) is 4.62. The molecule has 3 aromatic heterocycles. The summed E-state index contributed by atoms with van der Waals surface area (Å²) in [7, 11) is 0. The monoisotopic (exact) mass is 353 g/mol. The number of carbonyl (C=O) groups excluding carboxylic acids is 1. The molecule has 0 aromatic carbocycles. The molecule has 3 aromatic rings. The lowest BCUT2D eigenvalue weighted by Gasteiger charge is -2.17. The van der Waals surface area contributed by atoms with Gasteiger partial charge in [0, 0.05) is 48.9 Å². The number of rotatable bonds is 4. The predicted molar refractivity (Wildman–Crippen MR) is 94.1 cm³/mol. The lowest BCUT2D eigenvalue weighted by Crippen LogP contribution is -2.34. The van der Waals surface area contributed by atoms with Crippen LogP contribution in [-0.4, -0.2) is 49.6 Å². The van der Waals surface area contributed by atoms with E-state index in [0.29, 0.717) is 30.0 Å². The molecule has 1 N–H and O–H groups in total. The molecular weight excluding hydrogens is 334 g/mol. The zero-order valence-corrected chi connectivity index (χ0v) is 14.4. The zero-order valence-electron chi connectivity index (χ0n) is 14.4. The second-order valence-electron chi connectivity index (χ2n) is 6.36. The molecule has 0 bridgehead atoms. The van der Waals surface area contributed by atoms with Crippen molar-refractivity contribution in [1.29, 1.82) is 0 Å². The number of ether oxygens (including phenoxy) is 1. The van der Waals surface area contributed by atoms with Crippen LogP contribution in [0.3, 0.4) is 0 Å². The normalized spacial score (nSPS) is 17.0. The maximum Gasteiger partial charge on any atom is 0.276 e. The zero-order chi connectivity index (χ0) is 18.1. The Morgan fingerprint density at radius 1 is 1.35 bits per heavy atom. The Morgan fingerprint density at radius 3 is 2.96 bits per heavy atom. The van der Waals surface area contributed by atoms with Gasteiger partial charge in [0.15, 0.2) is 5.65 Å². The van der Waals surface area contributed by atoms with Gasteiger partial charge in [-0.1, -0.05) is 0 Å². The molecule has 1 fully saturated rings. The first-order valence-electron chi connectivity index (χ1n) is 8.52. The van der Waals surface area contributed by atoms with Crippen LogP contribution in [0.25, 0.3) is 5.65 Å². The van der Waals surface area contributed by atoms with Crippen molar-refractivity contribution in [3.63, 3.8) is 0 Å². The highest BCUT2D eigenvalue weighted by Crippen LogP contribution is 2.18. The van der Waals surface area contributed by atoms with Gasteiger partial charge in [-0.05, 0) is 19.1 Å². The fraction of sp³-hybridized carbons (Fsp3) is 0.333. The van der Waals surface area contributed by atoms with Crippen LogP contribution in [0.2, 0.25) is 0 Å². The van der Waals surface area contributed by atoms with Gasteiger partial charge >= 0.3 is 0 Å². The van der Waals surface area contributed by atoms with Crippen molar-refractivity contribution in [3.8, 4) is 5.75 Å². The van der Waals surface area contributed by atoms with E-state index >= 15 is 0 Å². The van der Waals surface area contributed by atoms with Crippen LogP contribution < -0.4 is 10.3 Å². The molecule has 1 saturated heterocycles. The van der Waals surface area contributed by atoms with E-state index in [1.807, 2.05) is 0 Å². The number of amides is 1. The number of nitrogens with zero attached hydrogens (tertiary/aromatic N) is 4. The molecule has 0 radical (unpaired) electrons. The molecule has 1 aliphatic rings. The van der Waals surface area contributed by atoms with Gasteiger partial charge in [-0.25, -0.2) is 9.50 Å². The number of carbonyl (C=O) groups is 1. The Balaban J connectivity index is 1.45. The number of pyridine rings is 1. The Hall–Kier alpha value is -3.16. The topological polar surface area (TPSA) is 92.6 Å². The Bertz CT molecular complexity index is 995. The third kappa shape index (κ3) is 3.05. The fourth-order valence-corrected chi connectivity index (χ4v) is 3.23. The van der Waals surface area contributed by atoms with E-state index in [9.17, 15) is 9.59 Å². The summed E-state index contributed by atoms with van der Waals surface area (Å²) in [6.07, 6.45) is 5.76. The molecule has 1 atom stereocenters. The second-order valence-corrected chi connectivity index (χ2v) is 6.36. The minimum Gasteiger partial charge on any atom is -0.488 e. The fourth-order valence-electron chi connectivity index (χ4n) is 3.23. The number of H-pyrrole nitrogens is 1. The van der Waals surface area contributed by atoms with E-state index in [1.54, 1.807) is 48.6 Å². The predicted octanol–water partition coefficient (Wildman–Crippen LogP) is 0.948. The molecular formula is C18H19N5O3. The van der Waals surface area contributed by atoms with Crippen molar-refractivity contribution >= 4 is 11.6 Å². The van der Waals surface area contributed by atoms with Crippen LogP contribution in [0.5, 0.6) is 5.75 Å². The van der Waals surface area contributed by atoms with E-state index in [4.69, 9.17) is 4.74 Å². The van der Waals surface area contributed by atoms with Crippen molar-refractivity contribution in [1.82, 2.24) is 24.5 Å². The van der Waals surface area contributed by atoms with Crippen molar-refractivity contribution in [3.05, 3.63) is 58.4 Å². The van der Waals surface area contributed by atoms with Crippen molar-refractivity contribution < 1.29 is 9.53 Å². The van der Waals surface area contributed by atoms with Gasteiger partial charge < -0.3 is 9.64 Å². The van der Waals surface area contributed by atoms with E-state index < -0.39 is 0 Å².